The molecule has 0 radical (unpaired) electrons. The summed E-state index contributed by atoms with van der Waals surface area (Å²) in [6, 6.07) is 0.0276. The van der Waals surface area contributed by atoms with Crippen LogP contribution in [0.3, 0.4) is 0 Å². The maximum atomic E-state index is 11.2. The molecule has 1 amide bonds. The van der Waals surface area contributed by atoms with Crippen LogP contribution in [0.2, 0.25) is 0 Å². The SMILES string of the molecule is CCC(CO)NCC(=O)NCC(C)C. The van der Waals surface area contributed by atoms with Crippen molar-refractivity contribution in [1.82, 2.24) is 10.6 Å². The Hall–Kier alpha value is -0.610. The highest BCUT2D eigenvalue weighted by atomic mass is 16.3. The Morgan fingerprint density at radius 3 is 2.50 bits per heavy atom. The van der Waals surface area contributed by atoms with Crippen LogP contribution >= 0.6 is 0 Å². The summed E-state index contributed by atoms with van der Waals surface area (Å²) in [6.45, 7) is 7.14. The van der Waals surface area contributed by atoms with Gasteiger partial charge in [0.15, 0.2) is 0 Å². The minimum absolute atomic E-state index is 0.00870. The molecule has 84 valence electrons. The fraction of sp³-hybridized carbons (Fsp3) is 0.900. The van der Waals surface area contributed by atoms with E-state index in [0.29, 0.717) is 12.5 Å². The summed E-state index contributed by atoms with van der Waals surface area (Å²) in [5, 5.41) is 14.6. The van der Waals surface area contributed by atoms with Crippen LogP contribution in [0.25, 0.3) is 0 Å². The van der Waals surface area contributed by atoms with Gasteiger partial charge in [-0.2, -0.15) is 0 Å². The Labute approximate surface area is 86.1 Å². The van der Waals surface area contributed by atoms with Gasteiger partial charge in [-0.05, 0) is 12.3 Å². The molecule has 0 heterocycles. The van der Waals surface area contributed by atoms with Crippen LogP contribution in [-0.2, 0) is 4.79 Å². The molecule has 0 saturated heterocycles. The standard InChI is InChI=1S/C10H22N2O2/c1-4-9(7-13)11-6-10(14)12-5-8(2)3/h8-9,11,13H,4-7H2,1-3H3,(H,12,14). The molecule has 0 spiro atoms. The van der Waals surface area contributed by atoms with Crippen molar-refractivity contribution >= 4 is 5.91 Å². The summed E-state index contributed by atoms with van der Waals surface area (Å²) >= 11 is 0. The second-order valence-corrected chi connectivity index (χ2v) is 3.87. The van der Waals surface area contributed by atoms with E-state index < -0.39 is 0 Å². The van der Waals surface area contributed by atoms with Crippen LogP contribution < -0.4 is 10.6 Å². The average Bonchev–Trinajstić information content (AvgIpc) is 2.16. The fourth-order valence-electron chi connectivity index (χ4n) is 0.955. The first kappa shape index (κ1) is 13.4. The lowest BCUT2D eigenvalue weighted by Gasteiger charge is -2.14. The number of aliphatic hydroxyl groups is 1. The Kier molecular flexibility index (Phi) is 7.42. The van der Waals surface area contributed by atoms with Crippen LogP contribution in [0.15, 0.2) is 0 Å². The first-order valence-electron chi connectivity index (χ1n) is 5.21. The zero-order valence-corrected chi connectivity index (χ0v) is 9.34. The molecule has 1 unspecified atom stereocenters. The third kappa shape index (κ3) is 6.86. The van der Waals surface area contributed by atoms with Crippen molar-refractivity contribution in [2.45, 2.75) is 33.2 Å². The molecule has 4 heteroatoms. The van der Waals surface area contributed by atoms with E-state index in [4.69, 9.17) is 5.11 Å². The predicted octanol–water partition coefficient (Wildman–Crippen LogP) is 0.119. The van der Waals surface area contributed by atoms with Gasteiger partial charge in [0.1, 0.15) is 0 Å². The number of nitrogens with one attached hydrogen (secondary N) is 2. The minimum atomic E-state index is -0.00870. The Bertz CT molecular complexity index is 156. The van der Waals surface area contributed by atoms with Crippen molar-refractivity contribution in [2.75, 3.05) is 19.7 Å². The van der Waals surface area contributed by atoms with Crippen molar-refractivity contribution in [1.29, 1.82) is 0 Å². The van der Waals surface area contributed by atoms with E-state index in [1.165, 1.54) is 0 Å². The first-order chi connectivity index (χ1) is 6.60. The molecule has 0 aliphatic rings. The lowest BCUT2D eigenvalue weighted by Crippen LogP contribution is -2.41. The molecule has 0 aromatic carbocycles. The number of rotatable bonds is 7. The molecule has 0 rings (SSSR count). The molecule has 1 atom stereocenters. The third-order valence-electron chi connectivity index (χ3n) is 1.97. The molecule has 0 bridgehead atoms. The van der Waals surface area contributed by atoms with E-state index in [1.807, 2.05) is 6.92 Å². The molecule has 0 aliphatic carbocycles. The molecular weight excluding hydrogens is 180 g/mol. The normalized spacial score (nSPS) is 12.9. The lowest BCUT2D eigenvalue weighted by atomic mass is 10.2. The maximum Gasteiger partial charge on any atom is 0.233 e. The van der Waals surface area contributed by atoms with E-state index in [-0.39, 0.29) is 25.1 Å². The second-order valence-electron chi connectivity index (χ2n) is 3.87. The summed E-state index contributed by atoms with van der Waals surface area (Å²) < 4.78 is 0. The Morgan fingerprint density at radius 2 is 2.07 bits per heavy atom. The van der Waals surface area contributed by atoms with Crippen molar-refractivity contribution in [3.8, 4) is 0 Å². The van der Waals surface area contributed by atoms with Crippen molar-refractivity contribution < 1.29 is 9.90 Å². The Morgan fingerprint density at radius 1 is 1.43 bits per heavy atom. The van der Waals surface area contributed by atoms with Gasteiger partial charge in [0, 0.05) is 12.6 Å². The molecule has 0 fully saturated rings. The number of aliphatic hydroxyl groups excluding tert-OH is 1. The number of amides is 1. The van der Waals surface area contributed by atoms with Crippen molar-refractivity contribution in [3.63, 3.8) is 0 Å². The minimum Gasteiger partial charge on any atom is -0.395 e. The monoisotopic (exact) mass is 202 g/mol. The molecule has 0 saturated carbocycles. The molecule has 3 N–H and O–H groups in total. The fourth-order valence-corrected chi connectivity index (χ4v) is 0.955. The van der Waals surface area contributed by atoms with E-state index in [2.05, 4.69) is 24.5 Å². The van der Waals surface area contributed by atoms with E-state index in [9.17, 15) is 4.79 Å². The number of carbonyl (C=O) groups excluding carboxylic acids is 1. The van der Waals surface area contributed by atoms with Gasteiger partial charge in [0.2, 0.25) is 5.91 Å². The van der Waals surface area contributed by atoms with Crippen LogP contribution in [0, 0.1) is 5.92 Å². The van der Waals surface area contributed by atoms with E-state index in [1.54, 1.807) is 0 Å². The highest BCUT2D eigenvalue weighted by Gasteiger charge is 2.06. The molecule has 14 heavy (non-hydrogen) atoms. The van der Waals surface area contributed by atoms with E-state index in [0.717, 1.165) is 6.42 Å². The lowest BCUT2D eigenvalue weighted by molar-refractivity contribution is -0.120. The van der Waals surface area contributed by atoms with Gasteiger partial charge in [-0.15, -0.1) is 0 Å². The highest BCUT2D eigenvalue weighted by molar-refractivity contribution is 5.77. The average molecular weight is 202 g/mol. The van der Waals surface area contributed by atoms with Crippen LogP contribution in [0.5, 0.6) is 0 Å². The highest BCUT2D eigenvalue weighted by Crippen LogP contribution is 1.88. The largest absolute Gasteiger partial charge is 0.395 e. The third-order valence-corrected chi connectivity index (χ3v) is 1.97. The quantitative estimate of drug-likeness (QED) is 0.549. The molecule has 0 aromatic heterocycles. The summed E-state index contributed by atoms with van der Waals surface area (Å²) in [6.07, 6.45) is 0.827. The number of hydrogen-bond donors (Lipinski definition) is 3. The van der Waals surface area contributed by atoms with Crippen molar-refractivity contribution in [3.05, 3.63) is 0 Å². The van der Waals surface area contributed by atoms with Gasteiger partial charge in [-0.3, -0.25) is 4.79 Å². The topological polar surface area (TPSA) is 61.4 Å². The van der Waals surface area contributed by atoms with Gasteiger partial charge >= 0.3 is 0 Å². The maximum absolute atomic E-state index is 11.2. The number of carbonyl (C=O) groups is 1. The zero-order chi connectivity index (χ0) is 11.0. The Balaban J connectivity index is 3.52. The van der Waals surface area contributed by atoms with Gasteiger partial charge in [0.05, 0.1) is 13.2 Å². The van der Waals surface area contributed by atoms with Crippen LogP contribution in [-0.4, -0.2) is 36.8 Å². The van der Waals surface area contributed by atoms with Crippen LogP contribution in [0.1, 0.15) is 27.2 Å². The molecule has 0 aromatic rings. The zero-order valence-electron chi connectivity index (χ0n) is 9.34. The molecular formula is C10H22N2O2. The summed E-state index contributed by atoms with van der Waals surface area (Å²) in [5.41, 5.74) is 0. The van der Waals surface area contributed by atoms with Gasteiger partial charge < -0.3 is 15.7 Å². The summed E-state index contributed by atoms with van der Waals surface area (Å²) in [5.74, 6) is 0.462. The van der Waals surface area contributed by atoms with Crippen LogP contribution in [0.4, 0.5) is 0 Å². The van der Waals surface area contributed by atoms with Gasteiger partial charge in [-0.25, -0.2) is 0 Å². The molecule has 4 nitrogen and oxygen atoms in total. The predicted molar refractivity (Wildman–Crippen MR) is 57.0 cm³/mol. The number of hydrogen-bond acceptors (Lipinski definition) is 3. The first-order valence-corrected chi connectivity index (χ1v) is 5.21. The van der Waals surface area contributed by atoms with E-state index >= 15 is 0 Å². The second kappa shape index (κ2) is 7.76. The van der Waals surface area contributed by atoms with Crippen molar-refractivity contribution in [2.24, 2.45) is 5.92 Å². The summed E-state index contributed by atoms with van der Waals surface area (Å²) in [7, 11) is 0. The van der Waals surface area contributed by atoms with Gasteiger partial charge in [0.25, 0.3) is 0 Å². The van der Waals surface area contributed by atoms with Gasteiger partial charge in [-0.1, -0.05) is 20.8 Å². The molecule has 0 aliphatic heterocycles. The smallest absolute Gasteiger partial charge is 0.233 e. The summed E-state index contributed by atoms with van der Waals surface area (Å²) in [4.78, 5) is 11.2.